The molecule has 1 N–H and O–H groups in total. The molecule has 0 amide bonds. The van der Waals surface area contributed by atoms with Crippen LogP contribution >= 0.6 is 0 Å². The van der Waals surface area contributed by atoms with Crippen LogP contribution in [0, 0.1) is 44.1 Å². The molecule has 1 radical (unpaired) electrons. The van der Waals surface area contributed by atoms with Crippen molar-refractivity contribution in [3.63, 3.8) is 0 Å². The molecule has 0 saturated carbocycles. The van der Waals surface area contributed by atoms with Crippen molar-refractivity contribution in [2.45, 2.75) is 45.0 Å². The molecule has 0 bridgehead atoms. The molecular weight excluding hydrogens is 407 g/mol. The average molecular weight is 427 g/mol. The number of ether oxygens (including phenoxy) is 2. The van der Waals surface area contributed by atoms with Gasteiger partial charge in [-0.25, -0.2) is 0 Å². The van der Waals surface area contributed by atoms with Gasteiger partial charge in [0.25, 0.3) is 0 Å². The Labute approximate surface area is 128 Å². The Balaban J connectivity index is 0.00000196. The fourth-order valence-corrected chi connectivity index (χ4v) is 1.43. The second-order valence-electron chi connectivity index (χ2n) is 4.01. The van der Waals surface area contributed by atoms with Crippen LogP contribution in [-0.4, -0.2) is 30.2 Å². The predicted octanol–water partition coefficient (Wildman–Crippen LogP) is 1.86. The summed E-state index contributed by atoms with van der Waals surface area (Å²) in [6.45, 7) is 4.77. The Bertz CT molecular complexity index is 192. The number of hydrogen-bond acceptors (Lipinski definition) is 3. The van der Waals surface area contributed by atoms with Crippen LogP contribution in [0.25, 0.3) is 0 Å². The number of unbranched alkanes of at least 4 members (excludes halogenated alkanes) is 2. The van der Waals surface area contributed by atoms with E-state index in [-0.39, 0.29) is 56.8 Å². The Morgan fingerprint density at radius 2 is 2.13 bits per heavy atom. The van der Waals surface area contributed by atoms with Crippen LogP contribution in [0.3, 0.4) is 0 Å². The predicted molar refractivity (Wildman–Crippen MR) is 55.0 cm³/mol. The molecule has 1 atom stereocenters. The van der Waals surface area contributed by atoms with Crippen LogP contribution in [0.5, 0.6) is 0 Å². The Hall–Kier alpha value is 1.06. The largest absolute Gasteiger partial charge is 0.396 e. The van der Waals surface area contributed by atoms with E-state index >= 15 is 0 Å². The van der Waals surface area contributed by atoms with Crippen molar-refractivity contribution < 1.29 is 58.6 Å². The molecule has 0 aromatic heterocycles. The molecular formula is C11H20AcO3. The third kappa shape index (κ3) is 7.07. The van der Waals surface area contributed by atoms with Crippen molar-refractivity contribution in [3.8, 4) is 0 Å². The minimum absolute atomic E-state index is 0. The van der Waals surface area contributed by atoms with Gasteiger partial charge in [-0.3, -0.25) is 0 Å². The maximum Gasteiger partial charge on any atom is 0.163 e. The summed E-state index contributed by atoms with van der Waals surface area (Å²) in [7, 11) is 0. The quantitative estimate of drug-likeness (QED) is 0.538. The van der Waals surface area contributed by atoms with E-state index in [0.29, 0.717) is 6.61 Å². The van der Waals surface area contributed by atoms with Crippen molar-refractivity contribution in [2.75, 3.05) is 13.2 Å². The topological polar surface area (TPSA) is 38.7 Å². The van der Waals surface area contributed by atoms with Gasteiger partial charge in [0.2, 0.25) is 0 Å². The summed E-state index contributed by atoms with van der Waals surface area (Å²) in [5.74, 6) is -0.430. The summed E-state index contributed by atoms with van der Waals surface area (Å²) in [6.07, 6.45) is 7.15. The van der Waals surface area contributed by atoms with Crippen LogP contribution < -0.4 is 0 Å². The molecule has 0 aromatic rings. The van der Waals surface area contributed by atoms with E-state index in [1.807, 2.05) is 19.9 Å². The molecule has 85 valence electrons. The SMILES string of the molecule is CC1(C)OCC(/C=C/CCCCO)O1.[Ac]. The van der Waals surface area contributed by atoms with Gasteiger partial charge < -0.3 is 14.6 Å². The van der Waals surface area contributed by atoms with Crippen molar-refractivity contribution in [3.05, 3.63) is 12.2 Å². The van der Waals surface area contributed by atoms with E-state index in [1.54, 1.807) is 0 Å². The van der Waals surface area contributed by atoms with Crippen molar-refractivity contribution in [1.29, 1.82) is 0 Å². The molecule has 0 aromatic carbocycles. The van der Waals surface area contributed by atoms with E-state index in [0.717, 1.165) is 19.3 Å². The van der Waals surface area contributed by atoms with E-state index in [9.17, 15) is 0 Å². The zero-order valence-electron chi connectivity index (χ0n) is 9.61. The van der Waals surface area contributed by atoms with E-state index in [4.69, 9.17) is 14.6 Å². The number of aliphatic hydroxyl groups is 1. The van der Waals surface area contributed by atoms with Gasteiger partial charge in [0, 0.05) is 50.7 Å². The van der Waals surface area contributed by atoms with Crippen molar-refractivity contribution >= 4 is 0 Å². The third-order valence-corrected chi connectivity index (χ3v) is 2.16. The zero-order valence-corrected chi connectivity index (χ0v) is 14.4. The first-order valence-electron chi connectivity index (χ1n) is 5.23. The normalized spacial score (nSPS) is 24.3. The zero-order chi connectivity index (χ0) is 10.4. The molecule has 1 saturated heterocycles. The second-order valence-corrected chi connectivity index (χ2v) is 4.01. The molecule has 1 heterocycles. The Morgan fingerprint density at radius 1 is 1.40 bits per heavy atom. The molecule has 0 spiro atoms. The Morgan fingerprint density at radius 3 is 2.67 bits per heavy atom. The number of rotatable bonds is 5. The monoisotopic (exact) mass is 427 g/mol. The second kappa shape index (κ2) is 8.20. The summed E-state index contributed by atoms with van der Waals surface area (Å²) in [6, 6.07) is 0. The summed E-state index contributed by atoms with van der Waals surface area (Å²) < 4.78 is 11.0. The molecule has 1 unspecified atom stereocenters. The molecule has 1 aliphatic heterocycles. The molecule has 1 aliphatic rings. The maximum atomic E-state index is 8.58. The smallest absolute Gasteiger partial charge is 0.163 e. The summed E-state index contributed by atoms with van der Waals surface area (Å²) in [5, 5.41) is 8.58. The van der Waals surface area contributed by atoms with Crippen LogP contribution in [0.15, 0.2) is 12.2 Å². The van der Waals surface area contributed by atoms with Crippen LogP contribution in [-0.2, 0) is 9.47 Å². The number of hydrogen-bond donors (Lipinski definition) is 1. The molecule has 1 fully saturated rings. The average Bonchev–Trinajstić information content (AvgIpc) is 2.45. The van der Waals surface area contributed by atoms with Gasteiger partial charge in [0.05, 0.1) is 6.61 Å². The molecule has 1 rings (SSSR count). The van der Waals surface area contributed by atoms with Crippen molar-refractivity contribution in [1.82, 2.24) is 0 Å². The first kappa shape index (κ1) is 16.1. The molecule has 15 heavy (non-hydrogen) atoms. The molecule has 0 aliphatic carbocycles. The van der Waals surface area contributed by atoms with Gasteiger partial charge in [-0.1, -0.05) is 12.2 Å². The summed E-state index contributed by atoms with van der Waals surface area (Å²) in [5.41, 5.74) is 0. The fourth-order valence-electron chi connectivity index (χ4n) is 1.43. The molecule has 3 nitrogen and oxygen atoms in total. The van der Waals surface area contributed by atoms with Gasteiger partial charge >= 0.3 is 0 Å². The van der Waals surface area contributed by atoms with E-state index < -0.39 is 5.79 Å². The fraction of sp³-hybridized carbons (Fsp3) is 0.818. The minimum Gasteiger partial charge on any atom is -0.396 e. The van der Waals surface area contributed by atoms with Gasteiger partial charge in [0.1, 0.15) is 6.10 Å². The van der Waals surface area contributed by atoms with Crippen molar-refractivity contribution in [2.24, 2.45) is 0 Å². The standard InChI is InChI=1S/C11H20O3.Ac/c1-11(2)13-9-10(14-11)7-5-3-4-6-8-12;/h5,7,10,12H,3-4,6,8-9H2,1-2H3;/b7-5+;. The third-order valence-electron chi connectivity index (χ3n) is 2.16. The number of allylic oxidation sites excluding steroid dienone is 1. The van der Waals surface area contributed by atoms with Gasteiger partial charge in [-0.2, -0.15) is 0 Å². The van der Waals surface area contributed by atoms with Crippen LogP contribution in [0.2, 0.25) is 0 Å². The number of aliphatic hydroxyl groups excluding tert-OH is 1. The first-order chi connectivity index (χ1) is 6.64. The van der Waals surface area contributed by atoms with Crippen LogP contribution in [0.4, 0.5) is 0 Å². The first-order valence-corrected chi connectivity index (χ1v) is 5.23. The summed E-state index contributed by atoms with van der Waals surface area (Å²) >= 11 is 0. The van der Waals surface area contributed by atoms with Gasteiger partial charge in [0.15, 0.2) is 5.79 Å². The maximum absolute atomic E-state index is 8.58. The van der Waals surface area contributed by atoms with E-state index in [2.05, 4.69) is 6.08 Å². The summed E-state index contributed by atoms with van der Waals surface area (Å²) in [4.78, 5) is 0. The van der Waals surface area contributed by atoms with E-state index in [1.165, 1.54) is 0 Å². The minimum atomic E-state index is -0.430. The molecule has 4 heteroatoms. The Kier molecular flexibility index (Phi) is 8.78. The van der Waals surface area contributed by atoms with Gasteiger partial charge in [-0.15, -0.1) is 0 Å². The van der Waals surface area contributed by atoms with Gasteiger partial charge in [-0.05, 0) is 33.1 Å². The van der Waals surface area contributed by atoms with Crippen LogP contribution in [0.1, 0.15) is 33.1 Å².